The van der Waals surface area contributed by atoms with Crippen molar-refractivity contribution in [3.8, 4) is 16.3 Å². The van der Waals surface area contributed by atoms with Crippen molar-refractivity contribution in [2.24, 2.45) is 0 Å². The van der Waals surface area contributed by atoms with Crippen molar-refractivity contribution < 1.29 is 9.18 Å². The normalized spacial score (nSPS) is 14.3. The SMILES string of the molecule is O=C(c1cc(-c2cccs2)nn1-c1ccc(F)cc1)N1CCCC1. The highest BCUT2D eigenvalue weighted by atomic mass is 32.1. The molecule has 122 valence electrons. The van der Waals surface area contributed by atoms with Gasteiger partial charge < -0.3 is 4.90 Å². The van der Waals surface area contributed by atoms with Crippen LogP contribution in [0.15, 0.2) is 47.8 Å². The molecule has 6 heteroatoms. The van der Waals surface area contributed by atoms with Crippen LogP contribution in [0.5, 0.6) is 0 Å². The number of likely N-dealkylation sites (tertiary alicyclic amines) is 1. The minimum absolute atomic E-state index is 0.0212. The fourth-order valence-electron chi connectivity index (χ4n) is 2.94. The minimum atomic E-state index is -0.309. The van der Waals surface area contributed by atoms with Crippen LogP contribution in [-0.2, 0) is 0 Å². The summed E-state index contributed by atoms with van der Waals surface area (Å²) < 4.78 is 14.9. The molecule has 24 heavy (non-hydrogen) atoms. The number of thiophene rings is 1. The third kappa shape index (κ3) is 2.73. The first-order valence-corrected chi connectivity index (χ1v) is 8.79. The fraction of sp³-hybridized carbons (Fsp3) is 0.222. The van der Waals surface area contributed by atoms with E-state index in [1.54, 1.807) is 28.2 Å². The van der Waals surface area contributed by atoms with Gasteiger partial charge in [0.05, 0.1) is 10.6 Å². The second-order valence-electron chi connectivity index (χ2n) is 5.78. The van der Waals surface area contributed by atoms with E-state index in [-0.39, 0.29) is 11.7 Å². The Kier molecular flexibility index (Phi) is 3.90. The third-order valence-electron chi connectivity index (χ3n) is 4.17. The van der Waals surface area contributed by atoms with Gasteiger partial charge in [0.1, 0.15) is 17.2 Å². The van der Waals surface area contributed by atoms with Gasteiger partial charge >= 0.3 is 0 Å². The number of benzene rings is 1. The molecule has 0 aliphatic carbocycles. The summed E-state index contributed by atoms with van der Waals surface area (Å²) in [6, 6.07) is 11.8. The molecule has 0 N–H and O–H groups in total. The van der Waals surface area contributed by atoms with E-state index in [1.165, 1.54) is 12.1 Å². The predicted molar refractivity (Wildman–Crippen MR) is 92.0 cm³/mol. The zero-order valence-corrected chi connectivity index (χ0v) is 13.8. The Balaban J connectivity index is 1.80. The van der Waals surface area contributed by atoms with Gasteiger partial charge in [0.2, 0.25) is 0 Å². The van der Waals surface area contributed by atoms with Crippen LogP contribution in [0.3, 0.4) is 0 Å². The van der Waals surface area contributed by atoms with Crippen LogP contribution >= 0.6 is 11.3 Å². The van der Waals surface area contributed by atoms with Crippen LogP contribution in [-0.4, -0.2) is 33.7 Å². The van der Waals surface area contributed by atoms with Gasteiger partial charge in [-0.2, -0.15) is 5.10 Å². The highest BCUT2D eigenvalue weighted by Gasteiger charge is 2.25. The summed E-state index contributed by atoms with van der Waals surface area (Å²) in [4.78, 5) is 15.7. The molecule has 1 aliphatic heterocycles. The van der Waals surface area contributed by atoms with Crippen molar-refractivity contribution in [2.75, 3.05) is 13.1 Å². The van der Waals surface area contributed by atoms with E-state index in [0.29, 0.717) is 11.4 Å². The topological polar surface area (TPSA) is 38.1 Å². The summed E-state index contributed by atoms with van der Waals surface area (Å²) >= 11 is 1.58. The molecule has 0 saturated carbocycles. The number of hydrogen-bond acceptors (Lipinski definition) is 3. The number of nitrogens with zero attached hydrogens (tertiary/aromatic N) is 3. The Hall–Kier alpha value is -2.47. The molecule has 1 aliphatic rings. The van der Waals surface area contributed by atoms with Crippen LogP contribution in [0.2, 0.25) is 0 Å². The quantitative estimate of drug-likeness (QED) is 0.723. The van der Waals surface area contributed by atoms with Crippen molar-refractivity contribution >= 4 is 17.2 Å². The highest BCUT2D eigenvalue weighted by Crippen LogP contribution is 2.27. The summed E-state index contributed by atoms with van der Waals surface area (Å²) in [5.41, 5.74) is 1.96. The lowest BCUT2D eigenvalue weighted by atomic mass is 10.2. The summed E-state index contributed by atoms with van der Waals surface area (Å²) in [5.74, 6) is -0.330. The maximum Gasteiger partial charge on any atom is 0.272 e. The second kappa shape index (κ2) is 6.20. The van der Waals surface area contributed by atoms with Crippen molar-refractivity contribution in [1.82, 2.24) is 14.7 Å². The van der Waals surface area contributed by atoms with E-state index in [2.05, 4.69) is 5.10 Å². The number of amides is 1. The number of aromatic nitrogens is 2. The molecule has 3 aromatic rings. The number of carbonyl (C=O) groups is 1. The molecule has 1 aromatic carbocycles. The molecule has 1 fully saturated rings. The lowest BCUT2D eigenvalue weighted by Crippen LogP contribution is -2.29. The van der Waals surface area contributed by atoms with E-state index in [1.807, 2.05) is 28.5 Å². The fourth-order valence-corrected chi connectivity index (χ4v) is 3.62. The summed E-state index contributed by atoms with van der Waals surface area (Å²) in [7, 11) is 0. The lowest BCUT2D eigenvalue weighted by Gasteiger charge is -2.16. The Morgan fingerprint density at radius 3 is 2.54 bits per heavy atom. The maximum atomic E-state index is 13.2. The van der Waals surface area contributed by atoms with E-state index in [4.69, 9.17) is 0 Å². The predicted octanol–water partition coefficient (Wildman–Crippen LogP) is 3.98. The Morgan fingerprint density at radius 2 is 1.88 bits per heavy atom. The van der Waals surface area contributed by atoms with Gasteiger partial charge in [-0.05, 0) is 54.6 Å². The molecule has 0 bridgehead atoms. The molecule has 1 saturated heterocycles. The van der Waals surface area contributed by atoms with Gasteiger partial charge in [0.25, 0.3) is 5.91 Å². The van der Waals surface area contributed by atoms with Crippen LogP contribution in [0, 0.1) is 5.82 Å². The average molecular weight is 341 g/mol. The first-order valence-electron chi connectivity index (χ1n) is 7.91. The molecular weight excluding hydrogens is 325 g/mol. The number of hydrogen-bond donors (Lipinski definition) is 0. The average Bonchev–Trinajstić information content (AvgIpc) is 3.34. The molecule has 4 nitrogen and oxygen atoms in total. The third-order valence-corrected chi connectivity index (χ3v) is 5.06. The number of halogens is 1. The summed E-state index contributed by atoms with van der Waals surface area (Å²) in [6.45, 7) is 1.56. The molecule has 0 atom stereocenters. The first kappa shape index (κ1) is 15.1. The molecule has 4 rings (SSSR count). The number of rotatable bonds is 3. The van der Waals surface area contributed by atoms with E-state index >= 15 is 0 Å². The number of carbonyl (C=O) groups excluding carboxylic acids is 1. The van der Waals surface area contributed by atoms with Crippen molar-refractivity contribution in [3.63, 3.8) is 0 Å². The molecule has 3 heterocycles. The zero-order valence-electron chi connectivity index (χ0n) is 13.0. The van der Waals surface area contributed by atoms with Crippen LogP contribution < -0.4 is 0 Å². The Morgan fingerprint density at radius 1 is 1.12 bits per heavy atom. The van der Waals surface area contributed by atoms with Crippen molar-refractivity contribution in [1.29, 1.82) is 0 Å². The van der Waals surface area contributed by atoms with Crippen LogP contribution in [0.4, 0.5) is 4.39 Å². The molecule has 0 radical (unpaired) electrons. The van der Waals surface area contributed by atoms with Gasteiger partial charge in [-0.3, -0.25) is 4.79 Å². The van der Waals surface area contributed by atoms with Gasteiger partial charge in [0.15, 0.2) is 0 Å². The Labute approximate surface area is 143 Å². The van der Waals surface area contributed by atoms with Gasteiger partial charge in [-0.25, -0.2) is 9.07 Å². The standard InChI is InChI=1S/C18H16FN3OS/c19-13-5-7-14(8-6-13)22-16(18(23)21-9-1-2-10-21)12-15(20-22)17-4-3-11-24-17/h3-8,11-12H,1-2,9-10H2. The molecule has 2 aromatic heterocycles. The molecule has 1 amide bonds. The van der Waals surface area contributed by atoms with Gasteiger partial charge in [0, 0.05) is 13.1 Å². The molecule has 0 spiro atoms. The monoisotopic (exact) mass is 341 g/mol. The van der Waals surface area contributed by atoms with Crippen molar-refractivity contribution in [2.45, 2.75) is 12.8 Å². The first-order chi connectivity index (χ1) is 11.7. The molecule has 0 unspecified atom stereocenters. The highest BCUT2D eigenvalue weighted by molar-refractivity contribution is 7.13. The minimum Gasteiger partial charge on any atom is -0.337 e. The van der Waals surface area contributed by atoms with Crippen molar-refractivity contribution in [3.05, 3.63) is 59.4 Å². The van der Waals surface area contributed by atoms with E-state index in [9.17, 15) is 9.18 Å². The maximum absolute atomic E-state index is 13.2. The lowest BCUT2D eigenvalue weighted by molar-refractivity contribution is 0.0784. The largest absolute Gasteiger partial charge is 0.337 e. The summed E-state index contributed by atoms with van der Waals surface area (Å²) in [6.07, 6.45) is 2.07. The van der Waals surface area contributed by atoms with Gasteiger partial charge in [-0.1, -0.05) is 6.07 Å². The zero-order chi connectivity index (χ0) is 16.5. The van der Waals surface area contributed by atoms with E-state index in [0.717, 1.165) is 36.5 Å². The van der Waals surface area contributed by atoms with Crippen LogP contribution in [0.25, 0.3) is 16.3 Å². The van der Waals surface area contributed by atoms with Crippen LogP contribution in [0.1, 0.15) is 23.3 Å². The van der Waals surface area contributed by atoms with E-state index < -0.39 is 0 Å². The summed E-state index contributed by atoms with van der Waals surface area (Å²) in [5, 5.41) is 6.58. The second-order valence-corrected chi connectivity index (χ2v) is 6.73. The molecular formula is C18H16FN3OS. The smallest absolute Gasteiger partial charge is 0.272 e. The Bertz CT molecular complexity index is 849. The van der Waals surface area contributed by atoms with Gasteiger partial charge in [-0.15, -0.1) is 11.3 Å².